The fraction of sp³-hybridized carbons (Fsp3) is 0.133. The summed E-state index contributed by atoms with van der Waals surface area (Å²) < 4.78 is 5.16. The number of nitriles is 1. The quantitative estimate of drug-likeness (QED) is 0.650. The summed E-state index contributed by atoms with van der Waals surface area (Å²) in [4.78, 5) is 10.1. The Morgan fingerprint density at radius 2 is 1.81 bits per heavy atom. The molecule has 0 heterocycles. The number of nitrogens with one attached hydrogen (secondary N) is 1. The van der Waals surface area contributed by atoms with E-state index in [0.29, 0.717) is 12.3 Å². The fourth-order valence-electron chi connectivity index (χ4n) is 1.72. The molecule has 0 bridgehead atoms. The number of nitrogens with zero attached hydrogens (tertiary/aromatic N) is 2. The molecule has 0 saturated carbocycles. The van der Waals surface area contributed by atoms with Gasteiger partial charge in [0.15, 0.2) is 6.61 Å². The van der Waals surface area contributed by atoms with Gasteiger partial charge in [0.1, 0.15) is 11.8 Å². The summed E-state index contributed by atoms with van der Waals surface area (Å²) in [5.41, 5.74) is 1.92. The second-order valence-corrected chi connectivity index (χ2v) is 4.25. The monoisotopic (exact) mass is 283 g/mol. The van der Waals surface area contributed by atoms with E-state index in [2.05, 4.69) is 5.32 Å². The molecule has 0 aromatic heterocycles. The lowest BCUT2D eigenvalue weighted by Crippen LogP contribution is -2.00. The third kappa shape index (κ3) is 4.21. The molecule has 1 N–H and O–H groups in total. The van der Waals surface area contributed by atoms with E-state index < -0.39 is 4.92 Å². The number of rotatable bonds is 6. The summed E-state index contributed by atoms with van der Waals surface area (Å²) in [6.07, 6.45) is 0. The van der Waals surface area contributed by atoms with Gasteiger partial charge in [-0.3, -0.25) is 10.1 Å². The highest BCUT2D eigenvalue weighted by Gasteiger charge is 2.03. The summed E-state index contributed by atoms with van der Waals surface area (Å²) in [5, 5.41) is 22.1. The fourth-order valence-corrected chi connectivity index (χ4v) is 1.72. The Morgan fingerprint density at radius 3 is 2.38 bits per heavy atom. The SMILES string of the molecule is N#CCOc1ccc(CNc2ccc([N+](=O)[O-])cc2)cc1. The molecule has 106 valence electrons. The number of benzene rings is 2. The maximum atomic E-state index is 10.6. The normalized spacial score (nSPS) is 9.67. The Labute approximate surface area is 121 Å². The van der Waals surface area contributed by atoms with Gasteiger partial charge in [-0.15, -0.1) is 0 Å². The molecular formula is C15H13N3O3. The van der Waals surface area contributed by atoms with Gasteiger partial charge in [-0.2, -0.15) is 5.26 Å². The molecule has 0 aliphatic carbocycles. The van der Waals surface area contributed by atoms with Crippen LogP contribution in [0.15, 0.2) is 48.5 Å². The van der Waals surface area contributed by atoms with Gasteiger partial charge in [0.25, 0.3) is 5.69 Å². The molecule has 6 nitrogen and oxygen atoms in total. The molecule has 0 aliphatic heterocycles. The van der Waals surface area contributed by atoms with Crippen molar-refractivity contribution in [1.29, 1.82) is 5.26 Å². The molecule has 0 fully saturated rings. The predicted octanol–water partition coefficient (Wildman–Crippen LogP) is 3.11. The van der Waals surface area contributed by atoms with Crippen molar-refractivity contribution in [3.8, 4) is 11.8 Å². The molecule has 0 saturated heterocycles. The number of non-ortho nitro benzene ring substituents is 1. The molecule has 6 heteroatoms. The number of nitro groups is 1. The zero-order valence-electron chi connectivity index (χ0n) is 11.2. The minimum atomic E-state index is -0.427. The van der Waals surface area contributed by atoms with Crippen LogP contribution < -0.4 is 10.1 Å². The molecule has 0 radical (unpaired) electrons. The third-order valence-electron chi connectivity index (χ3n) is 2.80. The molecule has 2 rings (SSSR count). The highest BCUT2D eigenvalue weighted by atomic mass is 16.6. The van der Waals surface area contributed by atoms with Gasteiger partial charge in [0.2, 0.25) is 0 Å². The molecule has 0 amide bonds. The van der Waals surface area contributed by atoms with E-state index in [1.807, 2.05) is 18.2 Å². The van der Waals surface area contributed by atoms with Crippen LogP contribution in [-0.2, 0) is 6.54 Å². The van der Waals surface area contributed by atoms with Crippen LogP contribution in [0.1, 0.15) is 5.56 Å². The smallest absolute Gasteiger partial charge is 0.269 e. The first kappa shape index (κ1) is 14.3. The third-order valence-corrected chi connectivity index (χ3v) is 2.80. The predicted molar refractivity (Wildman–Crippen MR) is 78.0 cm³/mol. The molecule has 0 atom stereocenters. The number of anilines is 1. The van der Waals surface area contributed by atoms with Gasteiger partial charge in [0.05, 0.1) is 4.92 Å². The molecule has 21 heavy (non-hydrogen) atoms. The van der Waals surface area contributed by atoms with E-state index in [1.165, 1.54) is 12.1 Å². The largest absolute Gasteiger partial charge is 0.479 e. The summed E-state index contributed by atoms with van der Waals surface area (Å²) >= 11 is 0. The maximum absolute atomic E-state index is 10.6. The average molecular weight is 283 g/mol. The van der Waals surface area contributed by atoms with Crippen molar-refractivity contribution < 1.29 is 9.66 Å². The van der Waals surface area contributed by atoms with E-state index in [0.717, 1.165) is 11.3 Å². The molecular weight excluding hydrogens is 270 g/mol. The van der Waals surface area contributed by atoms with E-state index in [9.17, 15) is 10.1 Å². The van der Waals surface area contributed by atoms with Gasteiger partial charge in [-0.05, 0) is 29.8 Å². The first-order valence-corrected chi connectivity index (χ1v) is 6.26. The van der Waals surface area contributed by atoms with Crippen LogP contribution in [0.25, 0.3) is 0 Å². The lowest BCUT2D eigenvalue weighted by Gasteiger charge is -2.07. The van der Waals surface area contributed by atoms with E-state index in [4.69, 9.17) is 10.00 Å². The van der Waals surface area contributed by atoms with E-state index >= 15 is 0 Å². The molecule has 2 aromatic carbocycles. The highest BCUT2D eigenvalue weighted by molar-refractivity contribution is 5.48. The van der Waals surface area contributed by atoms with Crippen LogP contribution in [0, 0.1) is 21.4 Å². The van der Waals surface area contributed by atoms with Crippen molar-refractivity contribution in [3.63, 3.8) is 0 Å². The van der Waals surface area contributed by atoms with Crippen molar-refractivity contribution in [3.05, 3.63) is 64.2 Å². The van der Waals surface area contributed by atoms with Crippen LogP contribution >= 0.6 is 0 Å². The van der Waals surface area contributed by atoms with Crippen LogP contribution in [0.2, 0.25) is 0 Å². The zero-order valence-corrected chi connectivity index (χ0v) is 11.2. The van der Waals surface area contributed by atoms with Gasteiger partial charge in [-0.25, -0.2) is 0 Å². The molecule has 0 spiro atoms. The molecule has 0 unspecified atom stereocenters. The van der Waals surface area contributed by atoms with Crippen molar-refractivity contribution in [2.45, 2.75) is 6.54 Å². The first-order chi connectivity index (χ1) is 10.2. The zero-order chi connectivity index (χ0) is 15.1. The Hall–Kier alpha value is -3.07. The van der Waals surface area contributed by atoms with Crippen molar-refractivity contribution in [1.82, 2.24) is 0 Å². The van der Waals surface area contributed by atoms with Gasteiger partial charge < -0.3 is 10.1 Å². The molecule has 0 aliphatic rings. The van der Waals surface area contributed by atoms with Crippen LogP contribution in [0.5, 0.6) is 5.75 Å². The van der Waals surface area contributed by atoms with Gasteiger partial charge >= 0.3 is 0 Å². The second-order valence-electron chi connectivity index (χ2n) is 4.25. The Kier molecular flexibility index (Phi) is 4.72. The van der Waals surface area contributed by atoms with Crippen LogP contribution in [0.3, 0.4) is 0 Å². The summed E-state index contributed by atoms with van der Waals surface area (Å²) in [6.45, 7) is 0.622. The Bertz CT molecular complexity index is 645. The maximum Gasteiger partial charge on any atom is 0.269 e. The average Bonchev–Trinajstić information content (AvgIpc) is 2.52. The van der Waals surface area contributed by atoms with Crippen LogP contribution in [0.4, 0.5) is 11.4 Å². The van der Waals surface area contributed by atoms with E-state index in [1.54, 1.807) is 24.3 Å². The van der Waals surface area contributed by atoms with E-state index in [-0.39, 0.29) is 12.3 Å². The minimum Gasteiger partial charge on any atom is -0.479 e. The van der Waals surface area contributed by atoms with Crippen molar-refractivity contribution >= 4 is 11.4 Å². The highest BCUT2D eigenvalue weighted by Crippen LogP contribution is 2.17. The summed E-state index contributed by atoms with van der Waals surface area (Å²) in [5.74, 6) is 0.649. The van der Waals surface area contributed by atoms with Gasteiger partial charge in [0, 0.05) is 24.4 Å². The topological polar surface area (TPSA) is 88.2 Å². The lowest BCUT2D eigenvalue weighted by molar-refractivity contribution is -0.384. The van der Waals surface area contributed by atoms with Crippen LogP contribution in [-0.4, -0.2) is 11.5 Å². The standard InChI is InChI=1S/C15H13N3O3/c16-9-10-21-15-7-1-12(2-8-15)11-17-13-3-5-14(6-4-13)18(19)20/h1-8,17H,10-11H2. The van der Waals surface area contributed by atoms with Crippen molar-refractivity contribution in [2.75, 3.05) is 11.9 Å². The number of ether oxygens (including phenoxy) is 1. The van der Waals surface area contributed by atoms with Crippen molar-refractivity contribution in [2.24, 2.45) is 0 Å². The Morgan fingerprint density at radius 1 is 1.14 bits per heavy atom. The number of nitro benzene ring substituents is 1. The first-order valence-electron chi connectivity index (χ1n) is 6.26. The minimum absolute atomic E-state index is 0.0282. The second kappa shape index (κ2) is 6.91. The lowest BCUT2D eigenvalue weighted by atomic mass is 10.2. The molecule has 2 aromatic rings. The Balaban J connectivity index is 1.90. The summed E-state index contributed by atoms with van der Waals surface area (Å²) in [6, 6.07) is 15.5. The summed E-state index contributed by atoms with van der Waals surface area (Å²) in [7, 11) is 0. The number of hydrogen-bond acceptors (Lipinski definition) is 5. The van der Waals surface area contributed by atoms with Gasteiger partial charge in [-0.1, -0.05) is 12.1 Å². The number of hydrogen-bond donors (Lipinski definition) is 1.